The molecule has 1 saturated carbocycles. The van der Waals surface area contributed by atoms with Gasteiger partial charge in [0, 0.05) is 5.92 Å². The highest BCUT2D eigenvalue weighted by molar-refractivity contribution is 5.84. The third-order valence-corrected chi connectivity index (χ3v) is 2.04. The lowest BCUT2D eigenvalue weighted by atomic mass is 10.2. The van der Waals surface area contributed by atoms with Crippen molar-refractivity contribution in [3.8, 4) is 0 Å². The first kappa shape index (κ1) is 11.7. The van der Waals surface area contributed by atoms with Crippen molar-refractivity contribution in [3.05, 3.63) is 0 Å². The monoisotopic (exact) mass is 200 g/mol. The van der Waals surface area contributed by atoms with Crippen LogP contribution in [-0.4, -0.2) is 31.2 Å². The van der Waals surface area contributed by atoms with Crippen molar-refractivity contribution >= 4 is 5.78 Å². The topological polar surface area (TPSA) is 35.5 Å². The molecule has 3 heteroatoms. The highest BCUT2D eigenvalue weighted by atomic mass is 16.5. The summed E-state index contributed by atoms with van der Waals surface area (Å²) >= 11 is 0. The van der Waals surface area contributed by atoms with E-state index in [2.05, 4.69) is 0 Å². The maximum atomic E-state index is 11.2. The molecule has 1 rings (SSSR count). The molecule has 0 saturated heterocycles. The predicted octanol–water partition coefficient (Wildman–Crippen LogP) is 1.80. The van der Waals surface area contributed by atoms with Crippen molar-refractivity contribution < 1.29 is 14.3 Å². The lowest BCUT2D eigenvalue weighted by molar-refractivity contribution is -0.125. The number of ether oxygens (including phenoxy) is 2. The average Bonchev–Trinajstić information content (AvgIpc) is 2.83. The van der Waals surface area contributed by atoms with Crippen molar-refractivity contribution in [3.63, 3.8) is 0 Å². The minimum atomic E-state index is -0.121. The molecule has 0 unspecified atom stereocenters. The van der Waals surface area contributed by atoms with Crippen LogP contribution in [0.15, 0.2) is 0 Å². The molecule has 0 N–H and O–H groups in total. The summed E-state index contributed by atoms with van der Waals surface area (Å²) in [6.45, 7) is 7.34. The van der Waals surface area contributed by atoms with Gasteiger partial charge in [0.25, 0.3) is 0 Å². The van der Waals surface area contributed by atoms with Gasteiger partial charge in [-0.3, -0.25) is 4.79 Å². The number of carbonyl (C=O) groups excluding carboxylic acids is 1. The first-order chi connectivity index (χ1) is 6.49. The number of Topliss-reactive ketones (excluding diaryl/α,β-unsaturated/α-hetero) is 1. The molecule has 0 aromatic heterocycles. The molecule has 0 amide bonds. The number of hydrogen-bond donors (Lipinski definition) is 0. The second-order valence-electron chi connectivity index (χ2n) is 4.75. The highest BCUT2D eigenvalue weighted by Gasteiger charge is 2.29. The third-order valence-electron chi connectivity index (χ3n) is 2.04. The van der Waals surface area contributed by atoms with Crippen LogP contribution in [0.25, 0.3) is 0 Å². The van der Waals surface area contributed by atoms with E-state index in [-0.39, 0.29) is 18.0 Å². The minimum Gasteiger partial charge on any atom is -0.373 e. The lowest BCUT2D eigenvalue weighted by Gasteiger charge is -2.19. The molecule has 0 aromatic carbocycles. The summed E-state index contributed by atoms with van der Waals surface area (Å²) in [5.74, 6) is 0.555. The van der Waals surface area contributed by atoms with Crippen molar-refractivity contribution in [2.45, 2.75) is 39.2 Å². The van der Waals surface area contributed by atoms with Gasteiger partial charge in [0.2, 0.25) is 0 Å². The predicted molar refractivity (Wildman–Crippen MR) is 54.3 cm³/mol. The quantitative estimate of drug-likeness (QED) is 0.613. The van der Waals surface area contributed by atoms with E-state index in [1.54, 1.807) is 0 Å². The SMILES string of the molecule is CC(C)(C)OCCOCC(=O)C1CC1. The van der Waals surface area contributed by atoms with Gasteiger partial charge in [-0.15, -0.1) is 0 Å². The summed E-state index contributed by atoms with van der Waals surface area (Å²) in [5, 5.41) is 0. The van der Waals surface area contributed by atoms with Crippen LogP contribution in [0, 0.1) is 5.92 Å². The second-order valence-corrected chi connectivity index (χ2v) is 4.75. The first-order valence-electron chi connectivity index (χ1n) is 5.23. The van der Waals surface area contributed by atoms with Crippen LogP contribution < -0.4 is 0 Å². The Hall–Kier alpha value is -0.410. The molecule has 0 atom stereocenters. The normalized spacial score (nSPS) is 17.1. The molecular weight excluding hydrogens is 180 g/mol. The van der Waals surface area contributed by atoms with Gasteiger partial charge in [-0.2, -0.15) is 0 Å². The van der Waals surface area contributed by atoms with Gasteiger partial charge >= 0.3 is 0 Å². The van der Waals surface area contributed by atoms with E-state index in [0.29, 0.717) is 19.1 Å². The Morgan fingerprint density at radius 3 is 2.43 bits per heavy atom. The van der Waals surface area contributed by atoms with Crippen LogP contribution in [0.2, 0.25) is 0 Å². The molecule has 0 bridgehead atoms. The van der Waals surface area contributed by atoms with Crippen LogP contribution in [0.5, 0.6) is 0 Å². The van der Waals surface area contributed by atoms with Gasteiger partial charge < -0.3 is 9.47 Å². The molecule has 0 aliphatic heterocycles. The summed E-state index contributed by atoms with van der Waals surface area (Å²) in [6, 6.07) is 0. The Morgan fingerprint density at radius 2 is 1.93 bits per heavy atom. The molecule has 1 fully saturated rings. The number of carbonyl (C=O) groups is 1. The van der Waals surface area contributed by atoms with Crippen molar-refractivity contribution in [1.82, 2.24) is 0 Å². The maximum absolute atomic E-state index is 11.2. The molecule has 0 radical (unpaired) electrons. The van der Waals surface area contributed by atoms with Crippen LogP contribution >= 0.6 is 0 Å². The van der Waals surface area contributed by atoms with E-state index >= 15 is 0 Å². The molecule has 82 valence electrons. The standard InChI is InChI=1S/C11H20O3/c1-11(2,3)14-7-6-13-8-10(12)9-4-5-9/h9H,4-8H2,1-3H3. The van der Waals surface area contributed by atoms with Crippen LogP contribution in [0.1, 0.15) is 33.6 Å². The molecule has 14 heavy (non-hydrogen) atoms. The summed E-state index contributed by atoms with van der Waals surface area (Å²) < 4.78 is 10.7. The molecule has 3 nitrogen and oxygen atoms in total. The van der Waals surface area contributed by atoms with E-state index in [4.69, 9.17) is 9.47 Å². The summed E-state index contributed by atoms with van der Waals surface area (Å²) in [5.41, 5.74) is -0.121. The van der Waals surface area contributed by atoms with Gasteiger partial charge in [-0.05, 0) is 33.6 Å². The molecule has 1 aliphatic rings. The van der Waals surface area contributed by atoms with Crippen LogP contribution in [0.4, 0.5) is 0 Å². The van der Waals surface area contributed by atoms with E-state index in [9.17, 15) is 4.79 Å². The Labute approximate surface area is 85.8 Å². The van der Waals surface area contributed by atoms with Gasteiger partial charge in [-0.25, -0.2) is 0 Å². The fraction of sp³-hybridized carbons (Fsp3) is 0.909. The van der Waals surface area contributed by atoms with E-state index in [1.165, 1.54) is 0 Å². The lowest BCUT2D eigenvalue weighted by Crippen LogP contribution is -2.22. The Morgan fingerprint density at radius 1 is 1.29 bits per heavy atom. The van der Waals surface area contributed by atoms with Crippen LogP contribution in [0.3, 0.4) is 0 Å². The van der Waals surface area contributed by atoms with Gasteiger partial charge in [0.15, 0.2) is 5.78 Å². The van der Waals surface area contributed by atoms with E-state index in [0.717, 1.165) is 12.8 Å². The van der Waals surface area contributed by atoms with Crippen molar-refractivity contribution in [1.29, 1.82) is 0 Å². The Kier molecular flexibility index (Phi) is 4.08. The number of hydrogen-bond acceptors (Lipinski definition) is 3. The maximum Gasteiger partial charge on any atom is 0.161 e. The molecule has 1 aliphatic carbocycles. The zero-order valence-corrected chi connectivity index (χ0v) is 9.34. The Balaban J connectivity index is 1.91. The largest absolute Gasteiger partial charge is 0.373 e. The zero-order valence-electron chi connectivity index (χ0n) is 9.34. The zero-order chi connectivity index (χ0) is 10.6. The number of ketones is 1. The molecule has 0 spiro atoms. The van der Waals surface area contributed by atoms with Gasteiger partial charge in [0.1, 0.15) is 6.61 Å². The average molecular weight is 200 g/mol. The van der Waals surface area contributed by atoms with Crippen molar-refractivity contribution in [2.24, 2.45) is 5.92 Å². The van der Waals surface area contributed by atoms with Crippen molar-refractivity contribution in [2.75, 3.05) is 19.8 Å². The fourth-order valence-electron chi connectivity index (χ4n) is 1.10. The van der Waals surface area contributed by atoms with Gasteiger partial charge in [-0.1, -0.05) is 0 Å². The molecule has 0 aromatic rings. The molecule has 0 heterocycles. The number of rotatable bonds is 6. The highest BCUT2D eigenvalue weighted by Crippen LogP contribution is 2.29. The first-order valence-corrected chi connectivity index (χ1v) is 5.23. The Bertz CT molecular complexity index is 189. The minimum absolute atomic E-state index is 0.121. The van der Waals surface area contributed by atoms with E-state index < -0.39 is 0 Å². The van der Waals surface area contributed by atoms with Gasteiger partial charge in [0.05, 0.1) is 18.8 Å². The fourth-order valence-corrected chi connectivity index (χ4v) is 1.10. The van der Waals surface area contributed by atoms with E-state index in [1.807, 2.05) is 20.8 Å². The summed E-state index contributed by atoms with van der Waals surface area (Å²) in [4.78, 5) is 11.2. The summed E-state index contributed by atoms with van der Waals surface area (Å²) in [6.07, 6.45) is 2.11. The summed E-state index contributed by atoms with van der Waals surface area (Å²) in [7, 11) is 0. The molecular formula is C11H20O3. The smallest absolute Gasteiger partial charge is 0.161 e. The van der Waals surface area contributed by atoms with Crippen LogP contribution in [-0.2, 0) is 14.3 Å². The second kappa shape index (κ2) is 4.89. The third kappa shape index (κ3) is 5.35.